The van der Waals surface area contributed by atoms with E-state index >= 15 is 0 Å². The van der Waals surface area contributed by atoms with Gasteiger partial charge in [0.1, 0.15) is 0 Å². The zero-order chi connectivity index (χ0) is 10.1. The first kappa shape index (κ1) is 10.9. The third-order valence-corrected chi connectivity index (χ3v) is 2.09. The molecule has 1 aromatic carbocycles. The maximum absolute atomic E-state index is 5.89. The van der Waals surface area contributed by atoms with Gasteiger partial charge in [-0.05, 0) is 35.6 Å². The van der Waals surface area contributed by atoms with Crippen LogP contribution in [0.4, 0.5) is 0 Å². The van der Waals surface area contributed by atoms with Crippen molar-refractivity contribution in [2.45, 2.75) is 27.2 Å². The lowest BCUT2D eigenvalue weighted by atomic mass is 9.88. The van der Waals surface area contributed by atoms with Crippen LogP contribution in [0.2, 0.25) is 10.0 Å². The van der Waals surface area contributed by atoms with Crippen LogP contribution in [0.15, 0.2) is 18.2 Å². The quantitative estimate of drug-likeness (QED) is 0.645. The SMILES string of the molecule is CC(C)(C)Cc1cc(Cl)cc(Cl)c1. The molecular weight excluding hydrogens is 203 g/mol. The van der Waals surface area contributed by atoms with Crippen LogP contribution in [0.1, 0.15) is 26.3 Å². The molecule has 1 rings (SSSR count). The van der Waals surface area contributed by atoms with Gasteiger partial charge in [0, 0.05) is 10.0 Å². The van der Waals surface area contributed by atoms with Gasteiger partial charge in [0.15, 0.2) is 0 Å². The first-order chi connectivity index (χ1) is 5.87. The standard InChI is InChI=1S/C11H14Cl2/c1-11(2,3)7-8-4-9(12)6-10(13)5-8/h4-6H,7H2,1-3H3. The Bertz CT molecular complexity index is 277. The molecule has 1 aromatic rings. The van der Waals surface area contributed by atoms with E-state index in [1.54, 1.807) is 6.07 Å². The lowest BCUT2D eigenvalue weighted by Gasteiger charge is -2.18. The van der Waals surface area contributed by atoms with Crippen LogP contribution in [0, 0.1) is 5.41 Å². The highest BCUT2D eigenvalue weighted by atomic mass is 35.5. The van der Waals surface area contributed by atoms with Gasteiger partial charge in [0.25, 0.3) is 0 Å². The summed E-state index contributed by atoms with van der Waals surface area (Å²) in [6.45, 7) is 6.59. The highest BCUT2D eigenvalue weighted by molar-refractivity contribution is 6.34. The summed E-state index contributed by atoms with van der Waals surface area (Å²) in [4.78, 5) is 0. The molecule has 0 bridgehead atoms. The molecular formula is C11H14Cl2. The molecule has 13 heavy (non-hydrogen) atoms. The Labute approximate surface area is 89.9 Å². The minimum atomic E-state index is 0.272. The Kier molecular flexibility index (Phi) is 3.26. The third kappa shape index (κ3) is 4.02. The molecule has 0 unspecified atom stereocenters. The molecule has 0 radical (unpaired) electrons. The van der Waals surface area contributed by atoms with Crippen molar-refractivity contribution >= 4 is 23.2 Å². The summed E-state index contributed by atoms with van der Waals surface area (Å²) in [6.07, 6.45) is 0.993. The average molecular weight is 217 g/mol. The first-order valence-electron chi connectivity index (χ1n) is 4.32. The number of benzene rings is 1. The minimum absolute atomic E-state index is 0.272. The van der Waals surface area contributed by atoms with Crippen LogP contribution in [0.25, 0.3) is 0 Å². The summed E-state index contributed by atoms with van der Waals surface area (Å²) >= 11 is 11.8. The van der Waals surface area contributed by atoms with E-state index in [1.807, 2.05) is 12.1 Å². The second-order valence-corrected chi connectivity index (χ2v) is 5.39. The number of halogens is 2. The van der Waals surface area contributed by atoms with Gasteiger partial charge < -0.3 is 0 Å². The van der Waals surface area contributed by atoms with E-state index in [9.17, 15) is 0 Å². The van der Waals surface area contributed by atoms with Gasteiger partial charge in [-0.3, -0.25) is 0 Å². The number of rotatable bonds is 1. The molecule has 0 fully saturated rings. The summed E-state index contributed by atoms with van der Waals surface area (Å²) in [5.41, 5.74) is 1.47. The maximum Gasteiger partial charge on any atom is 0.0423 e. The van der Waals surface area contributed by atoms with Crippen LogP contribution in [-0.2, 0) is 6.42 Å². The predicted molar refractivity (Wildman–Crippen MR) is 59.6 cm³/mol. The summed E-state index contributed by atoms with van der Waals surface area (Å²) in [5, 5.41) is 1.43. The van der Waals surface area contributed by atoms with E-state index < -0.39 is 0 Å². The zero-order valence-corrected chi connectivity index (χ0v) is 9.71. The molecule has 72 valence electrons. The van der Waals surface area contributed by atoms with E-state index in [0.29, 0.717) is 10.0 Å². The Morgan fingerprint density at radius 1 is 1.00 bits per heavy atom. The van der Waals surface area contributed by atoms with Crippen LogP contribution < -0.4 is 0 Å². The summed E-state index contributed by atoms with van der Waals surface area (Å²) in [5.74, 6) is 0. The van der Waals surface area contributed by atoms with E-state index in [0.717, 1.165) is 6.42 Å². The molecule has 0 aliphatic rings. The minimum Gasteiger partial charge on any atom is -0.0843 e. The van der Waals surface area contributed by atoms with E-state index in [-0.39, 0.29) is 5.41 Å². The van der Waals surface area contributed by atoms with Crippen molar-refractivity contribution in [3.63, 3.8) is 0 Å². The van der Waals surface area contributed by atoms with Crippen LogP contribution in [-0.4, -0.2) is 0 Å². The van der Waals surface area contributed by atoms with E-state index in [4.69, 9.17) is 23.2 Å². The third-order valence-electron chi connectivity index (χ3n) is 1.66. The van der Waals surface area contributed by atoms with Crippen molar-refractivity contribution in [2.75, 3.05) is 0 Å². The topological polar surface area (TPSA) is 0 Å². The van der Waals surface area contributed by atoms with Crippen molar-refractivity contribution in [1.82, 2.24) is 0 Å². The molecule has 0 atom stereocenters. The summed E-state index contributed by atoms with van der Waals surface area (Å²) in [7, 11) is 0. The summed E-state index contributed by atoms with van der Waals surface area (Å²) in [6, 6.07) is 5.70. The summed E-state index contributed by atoms with van der Waals surface area (Å²) < 4.78 is 0. The number of hydrogen-bond donors (Lipinski definition) is 0. The normalized spacial score (nSPS) is 11.8. The fraction of sp³-hybridized carbons (Fsp3) is 0.455. The van der Waals surface area contributed by atoms with Gasteiger partial charge >= 0.3 is 0 Å². The van der Waals surface area contributed by atoms with Crippen molar-refractivity contribution in [2.24, 2.45) is 5.41 Å². The van der Waals surface area contributed by atoms with Crippen LogP contribution in [0.5, 0.6) is 0 Å². The fourth-order valence-corrected chi connectivity index (χ4v) is 1.90. The molecule has 2 heteroatoms. The molecule has 0 aliphatic carbocycles. The molecule has 0 spiro atoms. The fourth-order valence-electron chi connectivity index (χ4n) is 1.33. The van der Waals surface area contributed by atoms with Gasteiger partial charge in [-0.2, -0.15) is 0 Å². The van der Waals surface area contributed by atoms with E-state index in [1.165, 1.54) is 5.56 Å². The Morgan fingerprint density at radius 3 is 1.85 bits per heavy atom. The van der Waals surface area contributed by atoms with Gasteiger partial charge in [-0.1, -0.05) is 44.0 Å². The van der Waals surface area contributed by atoms with Gasteiger partial charge in [-0.25, -0.2) is 0 Å². The molecule has 0 saturated heterocycles. The van der Waals surface area contributed by atoms with E-state index in [2.05, 4.69) is 20.8 Å². The second-order valence-electron chi connectivity index (χ2n) is 4.52. The van der Waals surface area contributed by atoms with Gasteiger partial charge in [0.2, 0.25) is 0 Å². The smallest absolute Gasteiger partial charge is 0.0423 e. The molecule has 0 aromatic heterocycles. The van der Waals surface area contributed by atoms with Crippen LogP contribution in [0.3, 0.4) is 0 Å². The molecule has 0 heterocycles. The van der Waals surface area contributed by atoms with Crippen molar-refractivity contribution in [1.29, 1.82) is 0 Å². The zero-order valence-electron chi connectivity index (χ0n) is 8.20. The number of hydrogen-bond acceptors (Lipinski definition) is 0. The molecule has 0 amide bonds. The Balaban J connectivity index is 2.90. The van der Waals surface area contributed by atoms with Gasteiger partial charge in [0.05, 0.1) is 0 Å². The lowest BCUT2D eigenvalue weighted by Crippen LogP contribution is -2.08. The maximum atomic E-state index is 5.89. The lowest BCUT2D eigenvalue weighted by molar-refractivity contribution is 0.411. The Morgan fingerprint density at radius 2 is 1.46 bits per heavy atom. The van der Waals surface area contributed by atoms with Crippen LogP contribution >= 0.6 is 23.2 Å². The molecule has 0 saturated carbocycles. The highest BCUT2D eigenvalue weighted by Gasteiger charge is 2.11. The predicted octanol–water partition coefficient (Wildman–Crippen LogP) is 4.58. The molecule has 0 aliphatic heterocycles. The monoisotopic (exact) mass is 216 g/mol. The van der Waals surface area contributed by atoms with Crippen molar-refractivity contribution < 1.29 is 0 Å². The van der Waals surface area contributed by atoms with Gasteiger partial charge in [-0.15, -0.1) is 0 Å². The first-order valence-corrected chi connectivity index (χ1v) is 5.07. The molecule has 0 nitrogen and oxygen atoms in total. The Hall–Kier alpha value is -0.200. The average Bonchev–Trinajstić information content (AvgIpc) is 1.78. The highest BCUT2D eigenvalue weighted by Crippen LogP contribution is 2.25. The largest absolute Gasteiger partial charge is 0.0843 e. The van der Waals surface area contributed by atoms with Crippen molar-refractivity contribution in [3.8, 4) is 0 Å². The second kappa shape index (κ2) is 3.89. The van der Waals surface area contributed by atoms with Crippen molar-refractivity contribution in [3.05, 3.63) is 33.8 Å². The molecule has 0 N–H and O–H groups in total.